The second-order valence-corrected chi connectivity index (χ2v) is 7.84. The molecule has 0 aromatic carbocycles. The van der Waals surface area contributed by atoms with E-state index in [1.807, 2.05) is 23.4 Å². The summed E-state index contributed by atoms with van der Waals surface area (Å²) < 4.78 is 0. The van der Waals surface area contributed by atoms with Crippen LogP contribution in [0.2, 0.25) is 0 Å². The normalized spacial score (nSPS) is 14.2. The molecule has 0 bridgehead atoms. The first kappa shape index (κ1) is 25.5. The fourth-order valence-electron chi connectivity index (χ4n) is 2.62. The lowest BCUT2D eigenvalue weighted by Crippen LogP contribution is -2.48. The summed E-state index contributed by atoms with van der Waals surface area (Å²) in [5.41, 5.74) is 6.09. The Morgan fingerprint density at radius 3 is 2.50 bits per heavy atom. The van der Waals surface area contributed by atoms with Crippen LogP contribution in [-0.2, 0) is 13.0 Å². The number of carbonyl (C=O) groups is 1. The number of piperazine rings is 1. The molecule has 0 atom stereocenters. The average molecular weight is 461 g/mol. The van der Waals surface area contributed by atoms with Crippen molar-refractivity contribution in [3.05, 3.63) is 32.2 Å². The van der Waals surface area contributed by atoms with Gasteiger partial charge >= 0.3 is 0 Å². The summed E-state index contributed by atoms with van der Waals surface area (Å²) in [6.45, 7) is 6.80. The van der Waals surface area contributed by atoms with Gasteiger partial charge < -0.3 is 10.6 Å². The van der Waals surface area contributed by atoms with E-state index in [4.69, 9.17) is 5.73 Å². The van der Waals surface area contributed by atoms with Crippen LogP contribution < -0.4 is 5.73 Å². The molecule has 148 valence electrons. The van der Waals surface area contributed by atoms with Crippen LogP contribution in [0.15, 0.2) is 11.6 Å². The van der Waals surface area contributed by atoms with Crippen molar-refractivity contribution in [2.24, 2.45) is 5.73 Å². The summed E-state index contributed by atoms with van der Waals surface area (Å²) in [5.74, 6) is 0.0396. The van der Waals surface area contributed by atoms with E-state index in [0.717, 1.165) is 49.2 Å². The standard InChI is InChI=1S/C15H21N5OS2.3ClH/c1-11-17-8-12(23-11)9-19-4-6-20(7-5-19)15(21)13-10-22-14(18-13)2-3-16;;;/h8,10H,2-7,9,16H2,1H3;3*1H. The van der Waals surface area contributed by atoms with Crippen molar-refractivity contribution >= 4 is 65.8 Å². The third kappa shape index (κ3) is 6.60. The number of nitrogens with zero attached hydrogens (tertiary/aromatic N) is 4. The summed E-state index contributed by atoms with van der Waals surface area (Å²) >= 11 is 3.26. The van der Waals surface area contributed by atoms with E-state index in [1.165, 1.54) is 16.2 Å². The summed E-state index contributed by atoms with van der Waals surface area (Å²) in [7, 11) is 0. The number of halogens is 3. The highest BCUT2D eigenvalue weighted by molar-refractivity contribution is 7.11. The molecule has 3 heterocycles. The highest BCUT2D eigenvalue weighted by atomic mass is 35.5. The van der Waals surface area contributed by atoms with Crippen LogP contribution in [0, 0.1) is 6.92 Å². The Balaban J connectivity index is 0.00000208. The van der Waals surface area contributed by atoms with Gasteiger partial charge in [0.25, 0.3) is 5.91 Å². The Morgan fingerprint density at radius 1 is 1.23 bits per heavy atom. The summed E-state index contributed by atoms with van der Waals surface area (Å²) in [5, 5.41) is 3.89. The van der Waals surface area contributed by atoms with Crippen molar-refractivity contribution in [3.63, 3.8) is 0 Å². The number of amides is 1. The maximum Gasteiger partial charge on any atom is 0.273 e. The van der Waals surface area contributed by atoms with Crippen LogP contribution in [0.4, 0.5) is 0 Å². The lowest BCUT2D eigenvalue weighted by molar-refractivity contribution is 0.0624. The third-order valence-electron chi connectivity index (χ3n) is 3.84. The van der Waals surface area contributed by atoms with E-state index < -0.39 is 0 Å². The zero-order valence-electron chi connectivity index (χ0n) is 14.4. The fraction of sp³-hybridized carbons (Fsp3) is 0.533. The third-order valence-corrected chi connectivity index (χ3v) is 5.64. The van der Waals surface area contributed by atoms with Gasteiger partial charge in [0.05, 0.1) is 10.0 Å². The van der Waals surface area contributed by atoms with E-state index in [9.17, 15) is 4.79 Å². The molecule has 1 aliphatic rings. The molecule has 11 heteroatoms. The maximum absolute atomic E-state index is 12.5. The Morgan fingerprint density at radius 2 is 1.92 bits per heavy atom. The predicted molar refractivity (Wildman–Crippen MR) is 115 cm³/mol. The van der Waals surface area contributed by atoms with Gasteiger partial charge in [0, 0.05) is 55.6 Å². The lowest BCUT2D eigenvalue weighted by atomic mass is 10.3. The Hall–Kier alpha value is -0.480. The topological polar surface area (TPSA) is 75.4 Å². The van der Waals surface area contributed by atoms with Gasteiger partial charge in [-0.1, -0.05) is 0 Å². The molecule has 2 aromatic rings. The van der Waals surface area contributed by atoms with Gasteiger partial charge in [0.15, 0.2) is 0 Å². The van der Waals surface area contributed by atoms with Crippen LogP contribution in [0.3, 0.4) is 0 Å². The van der Waals surface area contributed by atoms with E-state index in [-0.39, 0.29) is 43.1 Å². The predicted octanol–water partition coefficient (Wildman–Crippen LogP) is 2.63. The number of thiazole rings is 2. The van der Waals surface area contributed by atoms with Crippen LogP contribution in [-0.4, -0.2) is 58.4 Å². The van der Waals surface area contributed by atoms with Crippen LogP contribution in [0.25, 0.3) is 0 Å². The van der Waals surface area contributed by atoms with E-state index in [1.54, 1.807) is 11.3 Å². The zero-order chi connectivity index (χ0) is 16.2. The van der Waals surface area contributed by atoms with Gasteiger partial charge in [0.1, 0.15) is 5.69 Å². The quantitative estimate of drug-likeness (QED) is 0.742. The van der Waals surface area contributed by atoms with Crippen molar-refractivity contribution in [2.75, 3.05) is 32.7 Å². The molecular formula is C15H24Cl3N5OS2. The van der Waals surface area contributed by atoms with Gasteiger partial charge in [-0.2, -0.15) is 0 Å². The van der Waals surface area contributed by atoms with Gasteiger partial charge in [-0.3, -0.25) is 9.69 Å². The number of aromatic nitrogens is 2. The van der Waals surface area contributed by atoms with Gasteiger partial charge in [-0.25, -0.2) is 9.97 Å². The molecule has 1 amide bonds. The Labute approximate surface area is 180 Å². The largest absolute Gasteiger partial charge is 0.335 e. The fourth-order valence-corrected chi connectivity index (χ4v) is 4.24. The minimum atomic E-state index is 0. The molecule has 0 spiro atoms. The minimum Gasteiger partial charge on any atom is -0.335 e. The van der Waals surface area contributed by atoms with Crippen molar-refractivity contribution in [3.8, 4) is 0 Å². The maximum atomic E-state index is 12.5. The van der Waals surface area contributed by atoms with E-state index in [0.29, 0.717) is 12.2 Å². The zero-order valence-corrected chi connectivity index (χ0v) is 18.5. The molecule has 0 unspecified atom stereocenters. The van der Waals surface area contributed by atoms with Crippen LogP contribution in [0.5, 0.6) is 0 Å². The molecule has 1 saturated heterocycles. The second kappa shape index (κ2) is 12.1. The first-order valence-electron chi connectivity index (χ1n) is 7.73. The second-order valence-electron chi connectivity index (χ2n) is 5.58. The average Bonchev–Trinajstić information content (AvgIpc) is 3.17. The summed E-state index contributed by atoms with van der Waals surface area (Å²) in [6.07, 6.45) is 2.69. The molecule has 6 nitrogen and oxygen atoms in total. The van der Waals surface area contributed by atoms with Crippen LogP contribution in [0.1, 0.15) is 25.4 Å². The molecule has 0 aliphatic carbocycles. The molecule has 0 radical (unpaired) electrons. The first-order chi connectivity index (χ1) is 11.2. The summed E-state index contributed by atoms with van der Waals surface area (Å²) in [4.78, 5) is 26.7. The van der Waals surface area contributed by atoms with Crippen molar-refractivity contribution in [2.45, 2.75) is 19.9 Å². The first-order valence-corrected chi connectivity index (χ1v) is 9.42. The Bertz CT molecular complexity index is 674. The van der Waals surface area contributed by atoms with Crippen LogP contribution >= 0.6 is 59.9 Å². The number of nitrogens with two attached hydrogens (primary N) is 1. The van der Waals surface area contributed by atoms with Crippen molar-refractivity contribution in [1.82, 2.24) is 19.8 Å². The monoisotopic (exact) mass is 459 g/mol. The molecule has 2 aromatic heterocycles. The molecule has 2 N–H and O–H groups in total. The van der Waals surface area contributed by atoms with Gasteiger partial charge in [0.2, 0.25) is 0 Å². The van der Waals surface area contributed by atoms with E-state index in [2.05, 4.69) is 14.9 Å². The molecule has 1 fully saturated rings. The number of aryl methyl sites for hydroxylation is 1. The molecule has 26 heavy (non-hydrogen) atoms. The smallest absolute Gasteiger partial charge is 0.273 e. The number of rotatable bonds is 5. The Kier molecular flexibility index (Phi) is 11.8. The molecule has 1 aliphatic heterocycles. The number of carbonyl (C=O) groups excluding carboxylic acids is 1. The highest BCUT2D eigenvalue weighted by Crippen LogP contribution is 2.17. The van der Waals surface area contributed by atoms with E-state index >= 15 is 0 Å². The molecule has 3 rings (SSSR count). The minimum absolute atomic E-state index is 0. The number of hydrogen-bond acceptors (Lipinski definition) is 7. The summed E-state index contributed by atoms with van der Waals surface area (Å²) in [6, 6.07) is 0. The molecular weight excluding hydrogens is 437 g/mol. The number of hydrogen-bond donors (Lipinski definition) is 1. The molecule has 0 saturated carbocycles. The lowest BCUT2D eigenvalue weighted by Gasteiger charge is -2.34. The SMILES string of the molecule is Cc1ncc(CN2CCN(C(=O)c3csc(CCN)n3)CC2)s1.Cl.Cl.Cl. The van der Waals surface area contributed by atoms with Gasteiger partial charge in [-0.15, -0.1) is 59.9 Å². The highest BCUT2D eigenvalue weighted by Gasteiger charge is 2.24. The van der Waals surface area contributed by atoms with Crippen molar-refractivity contribution in [1.29, 1.82) is 0 Å². The van der Waals surface area contributed by atoms with Crippen molar-refractivity contribution < 1.29 is 4.79 Å². The van der Waals surface area contributed by atoms with Gasteiger partial charge in [-0.05, 0) is 13.5 Å².